The molecule has 3 fully saturated rings. The van der Waals surface area contributed by atoms with Gasteiger partial charge in [-0.05, 0) is 56.1 Å². The Labute approximate surface area is 191 Å². The van der Waals surface area contributed by atoms with Gasteiger partial charge in [0.25, 0.3) is 0 Å². The number of rotatable bonds is 5. The topological polar surface area (TPSA) is 60.9 Å². The van der Waals surface area contributed by atoms with Gasteiger partial charge < -0.3 is 14.7 Å². The van der Waals surface area contributed by atoms with Crippen molar-refractivity contribution >= 4 is 23.8 Å². The lowest BCUT2D eigenvalue weighted by atomic mass is 9.91. The summed E-state index contributed by atoms with van der Waals surface area (Å²) in [5, 5.41) is 0. The Morgan fingerprint density at radius 2 is 1.56 bits per heavy atom. The van der Waals surface area contributed by atoms with E-state index in [0.717, 1.165) is 70.3 Å². The molecule has 0 radical (unpaired) electrons. The summed E-state index contributed by atoms with van der Waals surface area (Å²) in [6.07, 6.45) is 9.77. The summed E-state index contributed by atoms with van der Waals surface area (Å²) < 4.78 is 0. The molecule has 6 nitrogen and oxygen atoms in total. The van der Waals surface area contributed by atoms with Gasteiger partial charge in [-0.2, -0.15) is 0 Å². The number of piperidine rings is 3. The van der Waals surface area contributed by atoms with Crippen molar-refractivity contribution in [3.63, 3.8) is 0 Å². The van der Waals surface area contributed by atoms with E-state index in [1.54, 1.807) is 6.08 Å². The van der Waals surface area contributed by atoms with Gasteiger partial charge in [0.05, 0.1) is 0 Å². The van der Waals surface area contributed by atoms with E-state index < -0.39 is 0 Å². The number of carbonyl (C=O) groups excluding carboxylic acids is 3. The standard InChI is InChI=1S/C26H35N3O3/c30-24-8-4-5-15-29(24)20-22-11-16-28(17-12-22)26(32)23-13-18-27(19-14-23)25(31)10-9-21-6-2-1-3-7-21/h1-3,6-7,9-10,22-23H,4-5,8,11-20H2. The van der Waals surface area contributed by atoms with Crippen LogP contribution in [0.15, 0.2) is 36.4 Å². The molecule has 0 N–H and O–H groups in total. The molecule has 0 unspecified atom stereocenters. The van der Waals surface area contributed by atoms with Crippen molar-refractivity contribution in [3.05, 3.63) is 42.0 Å². The van der Waals surface area contributed by atoms with Crippen molar-refractivity contribution in [1.29, 1.82) is 0 Å². The van der Waals surface area contributed by atoms with Crippen molar-refractivity contribution in [1.82, 2.24) is 14.7 Å². The van der Waals surface area contributed by atoms with Crippen LogP contribution in [0.4, 0.5) is 0 Å². The van der Waals surface area contributed by atoms with Gasteiger partial charge in [0.15, 0.2) is 0 Å². The first-order valence-corrected chi connectivity index (χ1v) is 12.2. The molecule has 0 saturated carbocycles. The van der Waals surface area contributed by atoms with Crippen molar-refractivity contribution in [2.45, 2.75) is 44.9 Å². The molecule has 3 aliphatic heterocycles. The summed E-state index contributed by atoms with van der Waals surface area (Å²) in [5.41, 5.74) is 1.01. The van der Waals surface area contributed by atoms with Crippen LogP contribution in [0.2, 0.25) is 0 Å². The molecule has 0 aromatic heterocycles. The van der Waals surface area contributed by atoms with Crippen LogP contribution in [0.3, 0.4) is 0 Å². The average Bonchev–Trinajstić information content (AvgIpc) is 2.85. The zero-order valence-electron chi connectivity index (χ0n) is 19.0. The van der Waals surface area contributed by atoms with E-state index in [1.807, 2.05) is 51.1 Å². The maximum Gasteiger partial charge on any atom is 0.246 e. The molecule has 0 spiro atoms. The highest BCUT2D eigenvalue weighted by molar-refractivity contribution is 5.92. The number of likely N-dealkylation sites (tertiary alicyclic amines) is 3. The van der Waals surface area contributed by atoms with Crippen LogP contribution in [-0.4, -0.2) is 71.7 Å². The van der Waals surface area contributed by atoms with Crippen LogP contribution in [0.5, 0.6) is 0 Å². The Hall–Kier alpha value is -2.63. The number of nitrogens with zero attached hydrogens (tertiary/aromatic N) is 3. The predicted octanol–water partition coefficient (Wildman–Crippen LogP) is 3.19. The normalized spacial score (nSPS) is 21.4. The van der Waals surface area contributed by atoms with E-state index in [4.69, 9.17) is 0 Å². The molecule has 1 aromatic rings. The zero-order valence-corrected chi connectivity index (χ0v) is 19.0. The first kappa shape index (κ1) is 22.6. The number of benzene rings is 1. The van der Waals surface area contributed by atoms with Crippen molar-refractivity contribution in [3.8, 4) is 0 Å². The maximum absolute atomic E-state index is 13.0. The molecule has 3 amide bonds. The third-order valence-electron chi connectivity index (χ3n) is 7.20. The second-order valence-electron chi connectivity index (χ2n) is 9.41. The van der Waals surface area contributed by atoms with Crippen molar-refractivity contribution in [2.24, 2.45) is 11.8 Å². The Bertz CT molecular complexity index is 822. The minimum atomic E-state index is 0.0211. The lowest BCUT2D eigenvalue weighted by Crippen LogP contribution is -2.48. The largest absolute Gasteiger partial charge is 0.342 e. The summed E-state index contributed by atoms with van der Waals surface area (Å²) >= 11 is 0. The number of hydrogen-bond acceptors (Lipinski definition) is 3. The number of hydrogen-bond donors (Lipinski definition) is 0. The predicted molar refractivity (Wildman–Crippen MR) is 125 cm³/mol. The highest BCUT2D eigenvalue weighted by Gasteiger charge is 2.32. The Kier molecular flexibility index (Phi) is 7.61. The molecule has 0 bridgehead atoms. The number of carbonyl (C=O) groups is 3. The molecule has 4 rings (SSSR count). The van der Waals surface area contributed by atoms with E-state index in [0.29, 0.717) is 31.3 Å². The van der Waals surface area contributed by atoms with Crippen LogP contribution in [0.25, 0.3) is 6.08 Å². The van der Waals surface area contributed by atoms with E-state index in [1.165, 1.54) is 0 Å². The minimum Gasteiger partial charge on any atom is -0.342 e. The van der Waals surface area contributed by atoms with Crippen LogP contribution in [0, 0.1) is 11.8 Å². The van der Waals surface area contributed by atoms with Gasteiger partial charge in [0.1, 0.15) is 0 Å². The van der Waals surface area contributed by atoms with Gasteiger partial charge in [-0.25, -0.2) is 0 Å². The summed E-state index contributed by atoms with van der Waals surface area (Å²) in [5.74, 6) is 1.11. The summed E-state index contributed by atoms with van der Waals surface area (Å²) in [7, 11) is 0. The molecule has 1 aromatic carbocycles. The quantitative estimate of drug-likeness (QED) is 0.665. The van der Waals surface area contributed by atoms with E-state index in [-0.39, 0.29) is 17.7 Å². The highest BCUT2D eigenvalue weighted by Crippen LogP contribution is 2.25. The Morgan fingerprint density at radius 1 is 0.875 bits per heavy atom. The first-order valence-electron chi connectivity index (χ1n) is 12.2. The zero-order chi connectivity index (χ0) is 22.3. The highest BCUT2D eigenvalue weighted by atomic mass is 16.2. The fraction of sp³-hybridized carbons (Fsp3) is 0.577. The Morgan fingerprint density at radius 3 is 2.25 bits per heavy atom. The van der Waals surface area contributed by atoms with Crippen LogP contribution >= 0.6 is 0 Å². The van der Waals surface area contributed by atoms with E-state index in [9.17, 15) is 14.4 Å². The Balaban J connectivity index is 1.19. The molecular weight excluding hydrogens is 402 g/mol. The molecule has 0 aliphatic carbocycles. The van der Waals surface area contributed by atoms with Crippen molar-refractivity contribution < 1.29 is 14.4 Å². The van der Waals surface area contributed by atoms with Gasteiger partial charge in [-0.15, -0.1) is 0 Å². The van der Waals surface area contributed by atoms with Crippen LogP contribution in [0.1, 0.15) is 50.5 Å². The molecule has 3 saturated heterocycles. The minimum absolute atomic E-state index is 0.0211. The van der Waals surface area contributed by atoms with Crippen LogP contribution in [-0.2, 0) is 14.4 Å². The second kappa shape index (κ2) is 10.8. The third-order valence-corrected chi connectivity index (χ3v) is 7.20. The SMILES string of the molecule is O=C(C=Cc1ccccc1)N1CCC(C(=O)N2CCC(CN3CCCCC3=O)CC2)CC1. The molecular formula is C26H35N3O3. The fourth-order valence-electron chi connectivity index (χ4n) is 5.14. The lowest BCUT2D eigenvalue weighted by molar-refractivity contribution is -0.141. The average molecular weight is 438 g/mol. The number of amides is 3. The van der Waals surface area contributed by atoms with Gasteiger partial charge in [0.2, 0.25) is 17.7 Å². The lowest BCUT2D eigenvalue weighted by Gasteiger charge is -2.38. The summed E-state index contributed by atoms with van der Waals surface area (Å²) in [4.78, 5) is 43.5. The van der Waals surface area contributed by atoms with Gasteiger partial charge in [-0.1, -0.05) is 30.3 Å². The molecule has 6 heteroatoms. The van der Waals surface area contributed by atoms with Gasteiger partial charge in [0, 0.05) is 57.7 Å². The third kappa shape index (κ3) is 5.78. The van der Waals surface area contributed by atoms with Gasteiger partial charge >= 0.3 is 0 Å². The van der Waals surface area contributed by atoms with Crippen molar-refractivity contribution in [2.75, 3.05) is 39.3 Å². The van der Waals surface area contributed by atoms with E-state index in [2.05, 4.69) is 0 Å². The maximum atomic E-state index is 13.0. The summed E-state index contributed by atoms with van der Waals surface area (Å²) in [6.45, 7) is 4.63. The molecule has 3 heterocycles. The summed E-state index contributed by atoms with van der Waals surface area (Å²) in [6, 6.07) is 9.82. The smallest absolute Gasteiger partial charge is 0.246 e. The first-order chi connectivity index (χ1) is 15.6. The molecule has 172 valence electrons. The second-order valence-corrected chi connectivity index (χ2v) is 9.41. The molecule has 32 heavy (non-hydrogen) atoms. The van der Waals surface area contributed by atoms with Crippen LogP contribution < -0.4 is 0 Å². The van der Waals surface area contributed by atoms with E-state index >= 15 is 0 Å². The van der Waals surface area contributed by atoms with Gasteiger partial charge in [-0.3, -0.25) is 14.4 Å². The molecule has 3 aliphatic rings. The fourth-order valence-corrected chi connectivity index (χ4v) is 5.14. The monoisotopic (exact) mass is 437 g/mol. The molecule has 0 atom stereocenters.